The first-order valence-electron chi connectivity index (χ1n) is 5.88. The number of allylic oxidation sites excluding steroid dienone is 1. The van der Waals surface area contributed by atoms with E-state index in [-0.39, 0.29) is 0 Å². The molecule has 2 heteroatoms. The van der Waals surface area contributed by atoms with Crippen LogP contribution in [0.3, 0.4) is 0 Å². The highest BCUT2D eigenvalue weighted by atomic mass is 32.2. The summed E-state index contributed by atoms with van der Waals surface area (Å²) in [6.45, 7) is 2.19. The van der Waals surface area contributed by atoms with Crippen LogP contribution in [0.2, 0.25) is 0 Å². The summed E-state index contributed by atoms with van der Waals surface area (Å²) in [4.78, 5) is 1.39. The van der Waals surface area contributed by atoms with Crippen molar-refractivity contribution < 1.29 is 4.42 Å². The Morgan fingerprint density at radius 1 is 1.24 bits per heavy atom. The van der Waals surface area contributed by atoms with E-state index < -0.39 is 0 Å². The third kappa shape index (κ3) is 1.83. The molecule has 1 aromatic heterocycles. The van der Waals surface area contributed by atoms with Crippen LogP contribution in [0.5, 0.6) is 0 Å². The second kappa shape index (κ2) is 4.46. The maximum Gasteiger partial charge on any atom is 0.130 e. The zero-order chi connectivity index (χ0) is 11.7. The molecule has 3 rings (SSSR count). The number of fused-ring (bicyclic) bond motifs is 1. The minimum absolute atomic E-state index is 1.01. The highest BCUT2D eigenvalue weighted by Gasteiger charge is 2.20. The van der Waals surface area contributed by atoms with Gasteiger partial charge in [0.15, 0.2) is 0 Å². The molecule has 1 aliphatic rings. The van der Waals surface area contributed by atoms with Gasteiger partial charge in [0.1, 0.15) is 5.76 Å². The lowest BCUT2D eigenvalue weighted by molar-refractivity contribution is 0.551. The van der Waals surface area contributed by atoms with Crippen LogP contribution in [0, 0.1) is 0 Å². The van der Waals surface area contributed by atoms with Gasteiger partial charge in [-0.15, -0.1) is 11.8 Å². The van der Waals surface area contributed by atoms with Gasteiger partial charge in [-0.1, -0.05) is 25.1 Å². The summed E-state index contributed by atoms with van der Waals surface area (Å²) >= 11 is 1.92. The van der Waals surface area contributed by atoms with Crippen molar-refractivity contribution in [2.45, 2.75) is 18.2 Å². The van der Waals surface area contributed by atoms with Gasteiger partial charge in [-0.25, -0.2) is 0 Å². The van der Waals surface area contributed by atoms with Gasteiger partial charge >= 0.3 is 0 Å². The summed E-state index contributed by atoms with van der Waals surface area (Å²) in [5.41, 5.74) is 4.15. The minimum Gasteiger partial charge on any atom is -0.465 e. The van der Waals surface area contributed by atoms with Crippen LogP contribution in [0.25, 0.3) is 11.1 Å². The Morgan fingerprint density at radius 3 is 2.88 bits per heavy atom. The van der Waals surface area contributed by atoms with Gasteiger partial charge < -0.3 is 4.42 Å². The van der Waals surface area contributed by atoms with Crippen molar-refractivity contribution in [2.75, 3.05) is 5.75 Å². The van der Waals surface area contributed by atoms with Gasteiger partial charge in [0.2, 0.25) is 0 Å². The smallest absolute Gasteiger partial charge is 0.130 e. The molecule has 2 heterocycles. The van der Waals surface area contributed by atoms with E-state index in [4.69, 9.17) is 4.42 Å². The number of thioether (sulfide) groups is 1. The molecule has 17 heavy (non-hydrogen) atoms. The first-order chi connectivity index (χ1) is 8.40. The van der Waals surface area contributed by atoms with Crippen molar-refractivity contribution in [2.24, 2.45) is 0 Å². The van der Waals surface area contributed by atoms with E-state index in [2.05, 4.69) is 37.3 Å². The number of benzene rings is 1. The number of hydrogen-bond acceptors (Lipinski definition) is 2. The lowest BCUT2D eigenvalue weighted by Gasteiger charge is -2.07. The lowest BCUT2D eigenvalue weighted by atomic mass is 9.98. The van der Waals surface area contributed by atoms with Crippen LogP contribution in [-0.4, -0.2) is 5.75 Å². The maximum atomic E-state index is 5.55. The summed E-state index contributed by atoms with van der Waals surface area (Å²) in [6, 6.07) is 12.6. The van der Waals surface area contributed by atoms with E-state index in [1.54, 1.807) is 6.26 Å². The molecule has 0 fully saturated rings. The molecular formula is C15H14OS. The van der Waals surface area contributed by atoms with Crippen LogP contribution in [0.4, 0.5) is 0 Å². The van der Waals surface area contributed by atoms with Crippen LogP contribution in [0.1, 0.15) is 24.7 Å². The summed E-state index contributed by atoms with van der Waals surface area (Å²) in [5.74, 6) is 2.07. The second-order valence-electron chi connectivity index (χ2n) is 4.07. The van der Waals surface area contributed by atoms with Gasteiger partial charge in [-0.2, -0.15) is 0 Å². The third-order valence-electron chi connectivity index (χ3n) is 3.12. The second-order valence-corrected chi connectivity index (χ2v) is 5.09. The van der Waals surface area contributed by atoms with E-state index in [1.807, 2.05) is 17.8 Å². The topological polar surface area (TPSA) is 13.1 Å². The molecule has 1 aromatic carbocycles. The standard InChI is InChI=1S/C15H14OS/c1-2-11(14-7-5-9-16-14)13-10-17-15-8-4-3-6-12(13)15/h3-9H,2,10H2,1H3/b13-11-. The van der Waals surface area contributed by atoms with Gasteiger partial charge in [-0.05, 0) is 41.3 Å². The molecule has 86 valence electrons. The highest BCUT2D eigenvalue weighted by Crippen LogP contribution is 2.43. The van der Waals surface area contributed by atoms with Gasteiger partial charge in [0.05, 0.1) is 6.26 Å². The molecule has 0 spiro atoms. The fraction of sp³-hybridized carbons (Fsp3) is 0.200. The Labute approximate surface area is 106 Å². The van der Waals surface area contributed by atoms with E-state index in [0.29, 0.717) is 0 Å². The minimum atomic E-state index is 1.01. The van der Waals surface area contributed by atoms with Crippen LogP contribution < -0.4 is 0 Å². The monoisotopic (exact) mass is 242 g/mol. The molecule has 0 saturated carbocycles. The van der Waals surface area contributed by atoms with Crippen LogP contribution in [0.15, 0.2) is 52.0 Å². The fourth-order valence-electron chi connectivity index (χ4n) is 2.31. The molecule has 0 saturated heterocycles. The van der Waals surface area contributed by atoms with Gasteiger partial charge in [0.25, 0.3) is 0 Å². The molecule has 0 unspecified atom stereocenters. The predicted molar refractivity (Wildman–Crippen MR) is 73.0 cm³/mol. The number of furan rings is 1. The highest BCUT2D eigenvalue weighted by molar-refractivity contribution is 8.00. The Bertz CT molecular complexity index is 552. The molecule has 0 atom stereocenters. The van der Waals surface area contributed by atoms with E-state index >= 15 is 0 Å². The molecule has 2 aromatic rings. The lowest BCUT2D eigenvalue weighted by Crippen LogP contribution is -1.89. The van der Waals surface area contributed by atoms with E-state index in [9.17, 15) is 0 Å². The van der Waals surface area contributed by atoms with Crippen molar-refractivity contribution >= 4 is 22.9 Å². The largest absolute Gasteiger partial charge is 0.465 e. The third-order valence-corrected chi connectivity index (χ3v) is 4.22. The zero-order valence-corrected chi connectivity index (χ0v) is 10.6. The average molecular weight is 242 g/mol. The van der Waals surface area contributed by atoms with Crippen molar-refractivity contribution in [3.05, 3.63) is 54.0 Å². The molecular weight excluding hydrogens is 228 g/mol. The quantitative estimate of drug-likeness (QED) is 0.756. The zero-order valence-electron chi connectivity index (χ0n) is 9.77. The molecule has 0 amide bonds. The van der Waals surface area contributed by atoms with E-state index in [0.717, 1.165) is 17.9 Å². The molecule has 1 aliphatic heterocycles. The van der Waals surface area contributed by atoms with Gasteiger partial charge in [0, 0.05) is 10.6 Å². The Kier molecular flexibility index (Phi) is 2.81. The molecule has 1 nitrogen and oxygen atoms in total. The number of hydrogen-bond donors (Lipinski definition) is 0. The Hall–Kier alpha value is -1.41. The molecule has 0 N–H and O–H groups in total. The predicted octanol–water partition coefficient (Wildman–Crippen LogP) is 4.71. The first-order valence-corrected chi connectivity index (χ1v) is 6.87. The van der Waals surface area contributed by atoms with Crippen molar-refractivity contribution in [1.82, 2.24) is 0 Å². The summed E-state index contributed by atoms with van der Waals surface area (Å²) in [6.07, 6.45) is 2.76. The SMILES string of the molecule is CC/C(=C1\CSc2ccccc21)c1ccco1. The first kappa shape index (κ1) is 10.7. The molecule has 0 bridgehead atoms. The van der Waals surface area contributed by atoms with Gasteiger partial charge in [-0.3, -0.25) is 0 Å². The molecule has 0 radical (unpaired) electrons. The number of rotatable bonds is 2. The maximum absolute atomic E-state index is 5.55. The van der Waals surface area contributed by atoms with Crippen molar-refractivity contribution in [3.63, 3.8) is 0 Å². The van der Waals surface area contributed by atoms with Crippen molar-refractivity contribution in [1.29, 1.82) is 0 Å². The summed E-state index contributed by atoms with van der Waals surface area (Å²) in [5, 5.41) is 0. The van der Waals surface area contributed by atoms with Crippen LogP contribution >= 0.6 is 11.8 Å². The van der Waals surface area contributed by atoms with E-state index in [1.165, 1.54) is 21.6 Å². The Morgan fingerprint density at radius 2 is 2.12 bits per heavy atom. The van der Waals surface area contributed by atoms with Crippen LogP contribution in [-0.2, 0) is 0 Å². The average Bonchev–Trinajstić information content (AvgIpc) is 3.01. The summed E-state index contributed by atoms with van der Waals surface area (Å²) in [7, 11) is 0. The molecule has 0 aliphatic carbocycles. The fourth-order valence-corrected chi connectivity index (χ4v) is 3.46. The Balaban J connectivity index is 2.15. The summed E-state index contributed by atoms with van der Waals surface area (Å²) < 4.78 is 5.55. The van der Waals surface area contributed by atoms with Crippen molar-refractivity contribution in [3.8, 4) is 0 Å². The normalized spacial score (nSPS) is 17.0.